The number of carbonyl (C=O) groups excluding carboxylic acids is 1. The van der Waals surface area contributed by atoms with Gasteiger partial charge in [0.05, 0.1) is 5.52 Å². The molecular formula is C17H18N4O2. The van der Waals surface area contributed by atoms with Gasteiger partial charge in [-0.15, -0.1) is 0 Å². The zero-order valence-corrected chi connectivity index (χ0v) is 12.9. The third-order valence-electron chi connectivity index (χ3n) is 3.79. The molecule has 1 amide bonds. The Hall–Kier alpha value is -2.89. The first-order valence-corrected chi connectivity index (χ1v) is 7.46. The molecule has 0 aliphatic heterocycles. The number of fused-ring (bicyclic) bond motifs is 1. The van der Waals surface area contributed by atoms with Crippen LogP contribution in [-0.4, -0.2) is 26.6 Å². The van der Waals surface area contributed by atoms with Crippen molar-refractivity contribution in [1.29, 1.82) is 0 Å². The number of rotatable bonds is 5. The molecule has 1 aromatic carbocycles. The van der Waals surface area contributed by atoms with E-state index in [9.17, 15) is 9.59 Å². The van der Waals surface area contributed by atoms with Crippen molar-refractivity contribution in [2.24, 2.45) is 7.05 Å². The van der Waals surface area contributed by atoms with Crippen LogP contribution in [0.5, 0.6) is 0 Å². The minimum atomic E-state index is -0.0898. The maximum absolute atomic E-state index is 12.1. The molecule has 0 fully saturated rings. The van der Waals surface area contributed by atoms with E-state index in [-0.39, 0.29) is 17.9 Å². The van der Waals surface area contributed by atoms with Crippen LogP contribution < -0.4 is 10.7 Å². The Morgan fingerprint density at radius 1 is 1.22 bits per heavy atom. The number of pyridine rings is 1. The highest BCUT2D eigenvalue weighted by Gasteiger charge is 2.07. The van der Waals surface area contributed by atoms with Crippen molar-refractivity contribution < 1.29 is 4.79 Å². The summed E-state index contributed by atoms with van der Waals surface area (Å²) < 4.78 is 3.72. The van der Waals surface area contributed by atoms with Crippen LogP contribution >= 0.6 is 0 Å². The van der Waals surface area contributed by atoms with Gasteiger partial charge in [-0.2, -0.15) is 0 Å². The van der Waals surface area contributed by atoms with Gasteiger partial charge >= 0.3 is 0 Å². The number of amides is 1. The normalized spacial score (nSPS) is 10.8. The first kappa shape index (κ1) is 15.0. The van der Waals surface area contributed by atoms with Crippen molar-refractivity contribution in [1.82, 2.24) is 19.4 Å². The van der Waals surface area contributed by atoms with Crippen LogP contribution in [0.3, 0.4) is 0 Å². The maximum Gasteiger partial charge on any atom is 0.239 e. The SMILES string of the molecule is Cn1ccnc1CCNC(=O)Cn1ccc(=O)c2ccccc21. The Balaban J connectivity index is 1.65. The van der Waals surface area contributed by atoms with Crippen LogP contribution in [-0.2, 0) is 24.8 Å². The average molecular weight is 310 g/mol. The van der Waals surface area contributed by atoms with Crippen molar-refractivity contribution in [2.75, 3.05) is 6.54 Å². The van der Waals surface area contributed by atoms with Crippen molar-refractivity contribution in [2.45, 2.75) is 13.0 Å². The number of nitrogens with one attached hydrogen (secondary N) is 1. The fraction of sp³-hybridized carbons (Fsp3) is 0.235. The van der Waals surface area contributed by atoms with Gasteiger partial charge in [-0.05, 0) is 12.1 Å². The van der Waals surface area contributed by atoms with Gasteiger partial charge in [0.25, 0.3) is 0 Å². The Labute approximate surface area is 133 Å². The number of imidazole rings is 1. The molecule has 0 radical (unpaired) electrons. The highest BCUT2D eigenvalue weighted by Crippen LogP contribution is 2.09. The molecule has 23 heavy (non-hydrogen) atoms. The molecule has 0 saturated heterocycles. The summed E-state index contributed by atoms with van der Waals surface area (Å²) in [7, 11) is 1.93. The number of hydrogen-bond donors (Lipinski definition) is 1. The molecular weight excluding hydrogens is 292 g/mol. The number of aryl methyl sites for hydroxylation is 1. The Morgan fingerprint density at radius 3 is 2.83 bits per heavy atom. The number of carbonyl (C=O) groups is 1. The average Bonchev–Trinajstić information content (AvgIpc) is 2.96. The third kappa shape index (κ3) is 3.31. The van der Waals surface area contributed by atoms with Gasteiger partial charge in [0.1, 0.15) is 12.4 Å². The van der Waals surface area contributed by atoms with Crippen molar-refractivity contribution in [3.8, 4) is 0 Å². The Kier molecular flexibility index (Phi) is 4.23. The monoisotopic (exact) mass is 310 g/mol. The van der Waals surface area contributed by atoms with Gasteiger partial charge in [-0.25, -0.2) is 4.98 Å². The van der Waals surface area contributed by atoms with Gasteiger partial charge in [-0.1, -0.05) is 12.1 Å². The summed E-state index contributed by atoms with van der Waals surface area (Å²) in [6.45, 7) is 0.711. The molecule has 0 unspecified atom stereocenters. The highest BCUT2D eigenvalue weighted by molar-refractivity contribution is 5.82. The lowest BCUT2D eigenvalue weighted by molar-refractivity contribution is -0.121. The minimum absolute atomic E-state index is 0.0351. The Morgan fingerprint density at radius 2 is 2.04 bits per heavy atom. The second-order valence-electron chi connectivity index (χ2n) is 5.38. The summed E-state index contributed by atoms with van der Waals surface area (Å²) >= 11 is 0. The summed E-state index contributed by atoms with van der Waals surface area (Å²) in [4.78, 5) is 28.2. The lowest BCUT2D eigenvalue weighted by Crippen LogP contribution is -2.30. The molecule has 0 aliphatic rings. The van der Waals surface area contributed by atoms with Crippen LogP contribution in [0, 0.1) is 0 Å². The van der Waals surface area contributed by atoms with E-state index in [4.69, 9.17) is 0 Å². The zero-order valence-electron chi connectivity index (χ0n) is 12.9. The number of para-hydroxylation sites is 1. The van der Waals surface area contributed by atoms with E-state index in [0.717, 1.165) is 11.3 Å². The van der Waals surface area contributed by atoms with Crippen molar-refractivity contribution in [3.63, 3.8) is 0 Å². The van der Waals surface area contributed by atoms with Crippen LogP contribution in [0.15, 0.2) is 53.7 Å². The predicted molar refractivity (Wildman–Crippen MR) is 88.1 cm³/mol. The zero-order chi connectivity index (χ0) is 16.2. The van der Waals surface area contributed by atoms with E-state index in [1.807, 2.05) is 36.0 Å². The molecule has 3 aromatic rings. The highest BCUT2D eigenvalue weighted by atomic mass is 16.2. The molecule has 6 nitrogen and oxygen atoms in total. The Bertz CT molecular complexity index is 895. The maximum atomic E-state index is 12.1. The molecule has 2 heterocycles. The second-order valence-corrected chi connectivity index (χ2v) is 5.38. The molecule has 0 spiro atoms. The van der Waals surface area contributed by atoms with E-state index in [0.29, 0.717) is 18.4 Å². The fourth-order valence-corrected chi connectivity index (χ4v) is 2.56. The molecule has 0 bridgehead atoms. The fourth-order valence-electron chi connectivity index (χ4n) is 2.56. The number of benzene rings is 1. The summed E-state index contributed by atoms with van der Waals surface area (Å²) in [5.74, 6) is 0.840. The minimum Gasteiger partial charge on any atom is -0.354 e. The third-order valence-corrected chi connectivity index (χ3v) is 3.79. The van der Waals surface area contributed by atoms with Crippen molar-refractivity contribution in [3.05, 3.63) is 65.0 Å². The van der Waals surface area contributed by atoms with E-state index in [1.54, 1.807) is 23.0 Å². The van der Waals surface area contributed by atoms with Crippen LogP contribution in [0.25, 0.3) is 10.9 Å². The van der Waals surface area contributed by atoms with E-state index in [2.05, 4.69) is 10.3 Å². The van der Waals surface area contributed by atoms with Gasteiger partial charge in [0.15, 0.2) is 5.43 Å². The second kappa shape index (κ2) is 6.48. The number of nitrogens with zero attached hydrogens (tertiary/aromatic N) is 3. The largest absolute Gasteiger partial charge is 0.354 e. The summed E-state index contributed by atoms with van der Waals surface area (Å²) in [5, 5.41) is 3.51. The smallest absolute Gasteiger partial charge is 0.239 e. The first-order valence-electron chi connectivity index (χ1n) is 7.46. The molecule has 0 saturated carbocycles. The number of hydrogen-bond acceptors (Lipinski definition) is 3. The lowest BCUT2D eigenvalue weighted by Gasteiger charge is -2.11. The molecule has 0 aliphatic carbocycles. The molecule has 0 atom stereocenters. The summed E-state index contributed by atoms with van der Waals surface area (Å²) in [6, 6.07) is 8.78. The molecule has 6 heteroatoms. The van der Waals surface area contributed by atoms with Crippen LogP contribution in [0.1, 0.15) is 5.82 Å². The molecule has 1 N–H and O–H groups in total. The standard InChI is InChI=1S/C17H18N4O2/c1-20-11-9-18-16(20)6-8-19-17(23)12-21-10-7-15(22)13-4-2-3-5-14(13)21/h2-5,7,9-11H,6,8,12H2,1H3,(H,19,23). The van der Waals surface area contributed by atoms with Gasteiger partial charge in [0.2, 0.25) is 5.91 Å². The predicted octanol–water partition coefficient (Wildman–Crippen LogP) is 1.09. The molecule has 2 aromatic heterocycles. The summed E-state index contributed by atoms with van der Waals surface area (Å²) in [6.07, 6.45) is 5.95. The van der Waals surface area contributed by atoms with E-state index in [1.165, 1.54) is 6.07 Å². The number of aromatic nitrogens is 3. The molecule has 3 rings (SSSR count). The van der Waals surface area contributed by atoms with Gasteiger partial charge in [0, 0.05) is 50.1 Å². The summed E-state index contributed by atoms with van der Waals surface area (Å²) in [5.41, 5.74) is 0.728. The topological polar surface area (TPSA) is 68.9 Å². The van der Waals surface area contributed by atoms with Gasteiger partial charge in [-0.3, -0.25) is 9.59 Å². The van der Waals surface area contributed by atoms with E-state index >= 15 is 0 Å². The quantitative estimate of drug-likeness (QED) is 0.767. The molecule has 118 valence electrons. The van der Waals surface area contributed by atoms with Crippen LogP contribution in [0.2, 0.25) is 0 Å². The first-order chi connectivity index (χ1) is 11.1. The van der Waals surface area contributed by atoms with Gasteiger partial charge < -0.3 is 14.5 Å². The van der Waals surface area contributed by atoms with Crippen molar-refractivity contribution >= 4 is 16.8 Å². The lowest BCUT2D eigenvalue weighted by atomic mass is 10.2. The van der Waals surface area contributed by atoms with E-state index < -0.39 is 0 Å². The van der Waals surface area contributed by atoms with Crippen LogP contribution in [0.4, 0.5) is 0 Å².